The van der Waals surface area contributed by atoms with Gasteiger partial charge in [0, 0.05) is 23.3 Å². The smallest absolute Gasteiger partial charge is 0.287 e. The zero-order valence-electron chi connectivity index (χ0n) is 15.4. The molecule has 0 fully saturated rings. The molecule has 0 radical (unpaired) electrons. The van der Waals surface area contributed by atoms with Crippen molar-refractivity contribution in [2.45, 2.75) is 32.9 Å². The van der Waals surface area contributed by atoms with Crippen molar-refractivity contribution >= 4 is 28.9 Å². The predicted molar refractivity (Wildman–Crippen MR) is 105 cm³/mol. The third-order valence-corrected chi connectivity index (χ3v) is 4.22. The number of imidazole rings is 1. The molecule has 0 unspecified atom stereocenters. The first-order valence-corrected chi connectivity index (χ1v) is 8.95. The van der Waals surface area contributed by atoms with Gasteiger partial charge in [-0.05, 0) is 44.5 Å². The lowest BCUT2D eigenvalue weighted by atomic mass is 10.1. The van der Waals surface area contributed by atoms with E-state index in [0.717, 1.165) is 5.56 Å². The number of hydrogen-bond donors (Lipinski definition) is 2. The van der Waals surface area contributed by atoms with Crippen LogP contribution in [0.3, 0.4) is 0 Å². The number of hydrogen-bond acceptors (Lipinski definition) is 3. The molecule has 140 valence electrons. The van der Waals surface area contributed by atoms with Gasteiger partial charge in [0.25, 0.3) is 11.8 Å². The van der Waals surface area contributed by atoms with Gasteiger partial charge in [-0.15, -0.1) is 0 Å². The molecule has 6 nitrogen and oxygen atoms in total. The fraction of sp³-hybridized carbons (Fsp3) is 0.250. The Bertz CT molecular complexity index is 1000. The summed E-state index contributed by atoms with van der Waals surface area (Å²) >= 11 is 6.13. The van der Waals surface area contributed by atoms with Crippen LogP contribution < -0.4 is 10.6 Å². The topological polar surface area (TPSA) is 75.5 Å². The predicted octanol–water partition coefficient (Wildman–Crippen LogP) is 3.45. The minimum Gasteiger partial charge on any atom is -0.346 e. The van der Waals surface area contributed by atoms with E-state index in [4.69, 9.17) is 11.6 Å². The van der Waals surface area contributed by atoms with Gasteiger partial charge < -0.3 is 10.6 Å². The molecule has 0 aliphatic carbocycles. The molecule has 2 amide bonds. The number of halogens is 1. The van der Waals surface area contributed by atoms with E-state index in [0.29, 0.717) is 10.5 Å². The quantitative estimate of drug-likeness (QED) is 0.723. The molecule has 2 heterocycles. The Morgan fingerprint density at radius 3 is 2.48 bits per heavy atom. The molecule has 2 aromatic heterocycles. The fourth-order valence-electron chi connectivity index (χ4n) is 2.66. The van der Waals surface area contributed by atoms with Gasteiger partial charge in [-0.1, -0.05) is 35.9 Å². The number of carbonyl (C=O) groups excluding carboxylic acids is 2. The van der Waals surface area contributed by atoms with Crippen LogP contribution in [0.5, 0.6) is 0 Å². The second-order valence-electron chi connectivity index (χ2n) is 7.22. The molecule has 3 aromatic rings. The molecule has 7 heteroatoms. The van der Waals surface area contributed by atoms with Crippen molar-refractivity contribution in [2.24, 2.45) is 0 Å². The molecule has 0 bridgehead atoms. The maximum Gasteiger partial charge on any atom is 0.287 e. The lowest BCUT2D eigenvalue weighted by molar-refractivity contribution is 0.0916. The minimum absolute atomic E-state index is 0.150. The van der Waals surface area contributed by atoms with E-state index in [9.17, 15) is 9.59 Å². The Hall–Kier alpha value is -2.86. The summed E-state index contributed by atoms with van der Waals surface area (Å²) in [6, 6.07) is 12.6. The summed E-state index contributed by atoms with van der Waals surface area (Å²) in [6.45, 7) is 5.94. The zero-order chi connectivity index (χ0) is 19.6. The SMILES string of the molecule is CC(C)(C)NC(=O)c1nc(C(=O)NCc2ccccc2Cl)n2ccccc12. The number of nitrogens with one attached hydrogen (secondary N) is 2. The standard InChI is InChI=1S/C20H21ClN4O2/c1-20(2,3)24-18(26)16-15-10-6-7-11-25(15)17(23-16)19(27)22-12-13-8-4-5-9-14(13)21/h4-11H,12H2,1-3H3,(H,22,27)(H,24,26). The molecule has 0 spiro atoms. The van der Waals surface area contributed by atoms with Gasteiger partial charge in [-0.25, -0.2) is 4.98 Å². The van der Waals surface area contributed by atoms with E-state index in [1.807, 2.05) is 39.0 Å². The first-order valence-electron chi connectivity index (χ1n) is 8.57. The number of nitrogens with zero attached hydrogens (tertiary/aromatic N) is 2. The minimum atomic E-state index is -0.408. The first kappa shape index (κ1) is 18.9. The number of pyridine rings is 1. The average Bonchev–Trinajstić information content (AvgIpc) is 2.99. The van der Waals surface area contributed by atoms with E-state index < -0.39 is 5.54 Å². The van der Waals surface area contributed by atoms with Crippen LogP contribution in [0, 0.1) is 0 Å². The number of amides is 2. The van der Waals surface area contributed by atoms with Gasteiger partial charge in [0.05, 0.1) is 5.52 Å². The van der Waals surface area contributed by atoms with Gasteiger partial charge in [0.1, 0.15) is 0 Å². The summed E-state index contributed by atoms with van der Waals surface area (Å²) in [5.74, 6) is -0.556. The van der Waals surface area contributed by atoms with E-state index in [1.165, 1.54) is 0 Å². The van der Waals surface area contributed by atoms with E-state index in [1.54, 1.807) is 34.9 Å². The van der Waals surface area contributed by atoms with E-state index in [-0.39, 0.29) is 29.9 Å². The number of carbonyl (C=O) groups is 2. The van der Waals surface area contributed by atoms with Crippen LogP contribution in [-0.2, 0) is 6.54 Å². The summed E-state index contributed by atoms with van der Waals surface area (Å²) in [4.78, 5) is 29.6. The largest absolute Gasteiger partial charge is 0.346 e. The van der Waals surface area contributed by atoms with E-state index in [2.05, 4.69) is 15.6 Å². The maximum atomic E-state index is 12.7. The van der Waals surface area contributed by atoms with Crippen LogP contribution in [0.15, 0.2) is 48.7 Å². The van der Waals surface area contributed by atoms with Gasteiger partial charge in [-0.2, -0.15) is 0 Å². The Morgan fingerprint density at radius 1 is 1.07 bits per heavy atom. The lowest BCUT2D eigenvalue weighted by Crippen LogP contribution is -2.40. The highest BCUT2D eigenvalue weighted by molar-refractivity contribution is 6.31. The molecule has 3 rings (SSSR count). The summed E-state index contributed by atoms with van der Waals surface area (Å²) in [7, 11) is 0. The number of rotatable bonds is 4. The second-order valence-corrected chi connectivity index (χ2v) is 7.63. The molecule has 1 aromatic carbocycles. The fourth-order valence-corrected chi connectivity index (χ4v) is 2.86. The Kier molecular flexibility index (Phi) is 5.19. The van der Waals surface area contributed by atoms with Crippen molar-refractivity contribution in [3.8, 4) is 0 Å². The normalized spacial score (nSPS) is 11.4. The maximum absolute atomic E-state index is 12.7. The van der Waals surface area contributed by atoms with Crippen molar-refractivity contribution < 1.29 is 9.59 Å². The van der Waals surface area contributed by atoms with Gasteiger partial charge in [-0.3, -0.25) is 14.0 Å². The molecule has 27 heavy (non-hydrogen) atoms. The highest BCUT2D eigenvalue weighted by atomic mass is 35.5. The summed E-state index contributed by atoms with van der Waals surface area (Å²) in [6.07, 6.45) is 1.71. The molecule has 0 saturated carbocycles. The highest BCUT2D eigenvalue weighted by Gasteiger charge is 2.24. The molecular formula is C20H21ClN4O2. The van der Waals surface area contributed by atoms with Gasteiger partial charge in [0.15, 0.2) is 5.69 Å². The van der Waals surface area contributed by atoms with Crippen LogP contribution in [0.1, 0.15) is 47.4 Å². The van der Waals surface area contributed by atoms with Crippen molar-refractivity contribution in [3.05, 3.63) is 70.8 Å². The van der Waals surface area contributed by atoms with Crippen LogP contribution >= 0.6 is 11.6 Å². The Morgan fingerprint density at radius 2 is 1.78 bits per heavy atom. The van der Waals surface area contributed by atoms with Crippen molar-refractivity contribution in [2.75, 3.05) is 0 Å². The molecule has 0 saturated heterocycles. The van der Waals surface area contributed by atoms with E-state index >= 15 is 0 Å². The van der Waals surface area contributed by atoms with Crippen LogP contribution in [0.25, 0.3) is 5.52 Å². The number of fused-ring (bicyclic) bond motifs is 1. The van der Waals surface area contributed by atoms with Crippen LogP contribution in [-0.4, -0.2) is 26.7 Å². The van der Waals surface area contributed by atoms with Gasteiger partial charge >= 0.3 is 0 Å². The number of benzene rings is 1. The molecule has 0 aliphatic rings. The third-order valence-electron chi connectivity index (χ3n) is 3.85. The van der Waals surface area contributed by atoms with Crippen molar-refractivity contribution in [1.82, 2.24) is 20.0 Å². The highest BCUT2D eigenvalue weighted by Crippen LogP contribution is 2.16. The Balaban J connectivity index is 1.89. The molecule has 0 aliphatic heterocycles. The van der Waals surface area contributed by atoms with Crippen molar-refractivity contribution in [1.29, 1.82) is 0 Å². The first-order chi connectivity index (χ1) is 12.8. The molecule has 0 atom stereocenters. The molecular weight excluding hydrogens is 364 g/mol. The summed E-state index contributed by atoms with van der Waals surface area (Å²) in [5, 5.41) is 6.27. The number of aromatic nitrogens is 2. The Labute approximate surface area is 162 Å². The summed E-state index contributed by atoms with van der Waals surface area (Å²) < 4.78 is 1.61. The second kappa shape index (κ2) is 7.40. The third kappa shape index (κ3) is 4.28. The van der Waals surface area contributed by atoms with Crippen LogP contribution in [0.2, 0.25) is 5.02 Å². The lowest BCUT2D eigenvalue weighted by Gasteiger charge is -2.19. The zero-order valence-corrected chi connectivity index (χ0v) is 16.2. The van der Waals surface area contributed by atoms with Crippen molar-refractivity contribution in [3.63, 3.8) is 0 Å². The monoisotopic (exact) mass is 384 g/mol. The summed E-state index contributed by atoms with van der Waals surface area (Å²) in [5.41, 5.74) is 1.18. The van der Waals surface area contributed by atoms with Gasteiger partial charge in [0.2, 0.25) is 5.82 Å². The average molecular weight is 385 g/mol. The molecule has 2 N–H and O–H groups in total. The van der Waals surface area contributed by atoms with Crippen LogP contribution in [0.4, 0.5) is 0 Å².